The van der Waals surface area contributed by atoms with Gasteiger partial charge in [0.2, 0.25) is 0 Å². The molecule has 0 aliphatic carbocycles. The van der Waals surface area contributed by atoms with Gasteiger partial charge in [0.05, 0.1) is 19.3 Å². The summed E-state index contributed by atoms with van der Waals surface area (Å²) >= 11 is 0. The molecule has 422 valence electrons. The van der Waals surface area contributed by atoms with Crippen LogP contribution < -0.4 is 11.4 Å². The third-order valence-electron chi connectivity index (χ3n) is 11.3. The summed E-state index contributed by atoms with van der Waals surface area (Å²) < 4.78 is 56.6. The van der Waals surface area contributed by atoms with E-state index in [4.69, 9.17) is 29.0 Å². The number of allylic oxidation sites excluding steroid dienone is 15. The molecule has 8 atom stereocenters. The summed E-state index contributed by atoms with van der Waals surface area (Å²) in [6, 6.07) is 1.23. The average molecular weight is 1090 g/mol. The summed E-state index contributed by atoms with van der Waals surface area (Å²) in [6.07, 6.45) is 42.2. The van der Waals surface area contributed by atoms with Gasteiger partial charge < -0.3 is 45.1 Å². The van der Waals surface area contributed by atoms with Crippen molar-refractivity contribution in [3.05, 3.63) is 120 Å². The molecule has 1 aromatic rings. The summed E-state index contributed by atoms with van der Waals surface area (Å²) in [5, 5.41) is 31.3. The molecule has 75 heavy (non-hydrogen) atoms. The number of aliphatic hydroxyl groups is 3. The molecular weight excluding hydrogens is 1010 g/mol. The van der Waals surface area contributed by atoms with Crippen molar-refractivity contribution in [2.75, 3.05) is 25.6 Å². The molecule has 0 aromatic carbocycles. The second-order valence-corrected chi connectivity index (χ2v) is 20.9. The van der Waals surface area contributed by atoms with Crippen LogP contribution in [-0.2, 0) is 46.3 Å². The van der Waals surface area contributed by atoms with E-state index in [0.717, 1.165) is 75.0 Å². The summed E-state index contributed by atoms with van der Waals surface area (Å²) in [7, 11) is -11.0. The Morgan fingerprint density at radius 3 is 1.91 bits per heavy atom. The minimum Gasteiger partial charge on any atom is -0.462 e. The summed E-state index contributed by atoms with van der Waals surface area (Å²) in [4.78, 5) is 62.0. The fraction of sp³-hybridized carbons (Fsp3) is 0.593. The molecule has 0 bridgehead atoms. The van der Waals surface area contributed by atoms with Gasteiger partial charge in [-0.1, -0.05) is 150 Å². The highest BCUT2D eigenvalue weighted by molar-refractivity contribution is 7.61. The number of hydrogen-bond acceptors (Lipinski definition) is 16. The molecule has 19 nitrogen and oxygen atoms in total. The van der Waals surface area contributed by atoms with Crippen molar-refractivity contribution >= 4 is 33.4 Å². The topological polar surface area (TPSA) is 286 Å². The predicted molar refractivity (Wildman–Crippen MR) is 290 cm³/mol. The van der Waals surface area contributed by atoms with E-state index in [2.05, 4.69) is 96.1 Å². The Morgan fingerprint density at radius 2 is 1.28 bits per heavy atom. The molecule has 1 aromatic heterocycles. The second kappa shape index (κ2) is 40.8. The molecule has 7 N–H and O–H groups in total. The van der Waals surface area contributed by atoms with E-state index in [0.29, 0.717) is 6.42 Å². The number of aromatic nitrogens is 2. The van der Waals surface area contributed by atoms with Crippen LogP contribution in [0.15, 0.2) is 114 Å². The van der Waals surface area contributed by atoms with Crippen molar-refractivity contribution in [3.8, 4) is 0 Å². The van der Waals surface area contributed by atoms with Crippen molar-refractivity contribution in [2.24, 2.45) is 0 Å². The number of unbranched alkanes of at least 4 members (excludes halogenated alkanes) is 9. The zero-order valence-corrected chi connectivity index (χ0v) is 45.7. The van der Waals surface area contributed by atoms with E-state index in [-0.39, 0.29) is 31.5 Å². The van der Waals surface area contributed by atoms with Crippen LogP contribution in [0.1, 0.15) is 155 Å². The second-order valence-electron chi connectivity index (χ2n) is 17.8. The standard InChI is InChI=1S/C54H85N3O16P2/c1-3-5-7-9-11-13-15-17-18-19-20-21-22-24-26-28-30-32-34-38-49(59)68-42-46(71-50(60)39-35-37-45(58)36-33-31-29-27-25-23-16-14-12-10-8-6-4-2)43-69-74(64,65)73-75(66,67)70-44-47-51(61)52(62)53(72-47)57-41-40-48(55)56-54(57)63/h5,7,11,13,17-18,20-21,23-26,29,31,33,36,40-41,45-47,51-53,58,61-62H,3-4,6,8-10,12,14-16,19,22,27-28,30,32,34-35,37-39,42-44H2,1-2H3,(H,64,65)(H,66,67)(H2,55,56,63)/b7-5-,13-11-,18-17-,21-20-,25-23+,26-24-,31-29+,36-33+/t45?,46-,47-,51-,52-,53-/m1/s1. The van der Waals surface area contributed by atoms with E-state index >= 15 is 0 Å². The van der Waals surface area contributed by atoms with Gasteiger partial charge in [-0.05, 0) is 89.5 Å². The molecule has 2 heterocycles. The number of carbonyl (C=O) groups is 2. The first-order valence-electron chi connectivity index (χ1n) is 26.4. The lowest BCUT2D eigenvalue weighted by Crippen LogP contribution is -2.36. The number of anilines is 1. The van der Waals surface area contributed by atoms with Crippen LogP contribution in [0.4, 0.5) is 5.82 Å². The van der Waals surface area contributed by atoms with E-state index in [1.807, 2.05) is 12.2 Å². The number of esters is 2. The molecule has 1 aliphatic heterocycles. The number of aliphatic hydroxyl groups excluding tert-OH is 3. The maximum Gasteiger partial charge on any atom is 0.481 e. The molecule has 21 heteroatoms. The lowest BCUT2D eigenvalue weighted by Gasteiger charge is -2.21. The Hall–Kier alpha value is -4.36. The number of phosphoric acid groups is 2. The summed E-state index contributed by atoms with van der Waals surface area (Å²) in [5.41, 5.74) is 4.57. The van der Waals surface area contributed by atoms with Crippen LogP contribution in [0.25, 0.3) is 0 Å². The fourth-order valence-corrected chi connectivity index (χ4v) is 9.28. The highest BCUT2D eigenvalue weighted by Gasteiger charge is 2.46. The van der Waals surface area contributed by atoms with Gasteiger partial charge in [-0.2, -0.15) is 9.29 Å². The first-order valence-corrected chi connectivity index (χ1v) is 29.3. The Balaban J connectivity index is 1.86. The fourth-order valence-electron chi connectivity index (χ4n) is 7.17. The largest absolute Gasteiger partial charge is 0.481 e. The van der Waals surface area contributed by atoms with Crippen LogP contribution in [0.5, 0.6) is 0 Å². The lowest BCUT2D eigenvalue weighted by atomic mass is 10.1. The Kier molecular flexibility index (Phi) is 36.3. The van der Waals surface area contributed by atoms with Crippen LogP contribution in [-0.4, -0.2) is 96.9 Å². The van der Waals surface area contributed by atoms with Gasteiger partial charge in [0.15, 0.2) is 12.3 Å². The minimum atomic E-state index is -5.49. The van der Waals surface area contributed by atoms with Gasteiger partial charge >= 0.3 is 33.3 Å². The first-order chi connectivity index (χ1) is 36.1. The summed E-state index contributed by atoms with van der Waals surface area (Å²) in [6.45, 7) is 1.81. The normalized spacial score (nSPS) is 20.0. The van der Waals surface area contributed by atoms with Crippen molar-refractivity contribution < 1.29 is 71.4 Å². The molecule has 2 rings (SSSR count). The lowest BCUT2D eigenvalue weighted by molar-refractivity contribution is -0.161. The number of nitrogen functional groups attached to an aromatic ring is 1. The number of ether oxygens (including phenoxy) is 3. The van der Waals surface area contributed by atoms with E-state index in [1.165, 1.54) is 44.6 Å². The van der Waals surface area contributed by atoms with Crippen molar-refractivity contribution in [1.29, 1.82) is 0 Å². The molecule has 0 radical (unpaired) electrons. The van der Waals surface area contributed by atoms with Crippen molar-refractivity contribution in [1.82, 2.24) is 9.55 Å². The molecule has 1 fully saturated rings. The molecule has 1 aliphatic rings. The van der Waals surface area contributed by atoms with Crippen LogP contribution in [0.3, 0.4) is 0 Å². The Morgan fingerprint density at radius 1 is 0.720 bits per heavy atom. The molecule has 3 unspecified atom stereocenters. The summed E-state index contributed by atoms with van der Waals surface area (Å²) in [5.74, 6) is -1.55. The highest BCUT2D eigenvalue weighted by Crippen LogP contribution is 2.60. The van der Waals surface area contributed by atoms with Crippen LogP contribution in [0.2, 0.25) is 0 Å². The van der Waals surface area contributed by atoms with Gasteiger partial charge in [0.1, 0.15) is 30.7 Å². The smallest absolute Gasteiger partial charge is 0.462 e. The highest BCUT2D eigenvalue weighted by atomic mass is 31.3. The van der Waals surface area contributed by atoms with Crippen LogP contribution >= 0.6 is 15.6 Å². The molecule has 0 amide bonds. The number of hydrogen-bond donors (Lipinski definition) is 6. The van der Waals surface area contributed by atoms with Gasteiger partial charge in [0.25, 0.3) is 0 Å². The molecular formula is C54H85N3O16P2. The quantitative estimate of drug-likeness (QED) is 0.0117. The van der Waals surface area contributed by atoms with E-state index in [1.54, 1.807) is 12.2 Å². The maximum atomic E-state index is 12.9. The third-order valence-corrected chi connectivity index (χ3v) is 13.9. The van der Waals surface area contributed by atoms with E-state index in [9.17, 15) is 48.6 Å². The van der Waals surface area contributed by atoms with Gasteiger partial charge in [0, 0.05) is 19.0 Å². The molecule has 0 saturated carbocycles. The van der Waals surface area contributed by atoms with Gasteiger partial charge in [-0.3, -0.25) is 23.2 Å². The van der Waals surface area contributed by atoms with Crippen molar-refractivity contribution in [3.63, 3.8) is 0 Å². The van der Waals surface area contributed by atoms with E-state index < -0.39 is 89.8 Å². The Labute approximate surface area is 443 Å². The zero-order chi connectivity index (χ0) is 55.0. The number of carbonyl (C=O) groups excluding carboxylic acids is 2. The minimum absolute atomic E-state index is 0.0428. The van der Waals surface area contributed by atoms with Crippen molar-refractivity contribution in [2.45, 2.75) is 185 Å². The first kappa shape index (κ1) is 66.8. The monoisotopic (exact) mass is 1090 g/mol. The average Bonchev–Trinajstić information content (AvgIpc) is 3.64. The number of rotatable bonds is 42. The number of nitrogens with zero attached hydrogens (tertiary/aromatic N) is 2. The third kappa shape index (κ3) is 33.4. The maximum absolute atomic E-state index is 12.9. The van der Waals surface area contributed by atoms with Gasteiger partial charge in [-0.15, -0.1) is 0 Å². The van der Waals surface area contributed by atoms with Crippen LogP contribution in [0, 0.1) is 0 Å². The van der Waals surface area contributed by atoms with Gasteiger partial charge in [-0.25, -0.2) is 13.9 Å². The number of nitrogens with two attached hydrogens (primary N) is 1. The molecule has 1 saturated heterocycles. The number of phosphoric ester groups is 2. The Bertz CT molecular complexity index is 2150. The SMILES string of the molecule is CC/C=C\C/C=C\C/C=C\C/C=C\C/C=C\CCCCCC(=O)OC[C@H](COP(=O)(O)OP(=O)(O)OC[C@H]1O[C@@H](n2ccc(N)nc2=O)[C@H](O)[C@@H]1O)OC(=O)CCCC(O)/C=C/C=C/C/C=C/CCCCCCCC. The molecule has 0 spiro atoms. The predicted octanol–water partition coefficient (Wildman–Crippen LogP) is 10.2. The zero-order valence-electron chi connectivity index (χ0n) is 43.9.